The summed E-state index contributed by atoms with van der Waals surface area (Å²) in [4.78, 5) is 9.40. The van der Waals surface area contributed by atoms with Gasteiger partial charge in [-0.05, 0) is 61.7 Å². The fourth-order valence-electron chi connectivity index (χ4n) is 5.94. The number of hydrogen-bond donors (Lipinski definition) is 0. The molecule has 5 heteroatoms. The maximum absolute atomic E-state index is 6.07. The number of pyridine rings is 1. The van der Waals surface area contributed by atoms with Crippen molar-refractivity contribution < 1.29 is 24.5 Å². The van der Waals surface area contributed by atoms with Crippen LogP contribution < -0.4 is 0 Å². The van der Waals surface area contributed by atoms with Crippen LogP contribution in [0.1, 0.15) is 51.7 Å². The molecule has 3 aromatic heterocycles. The quantitative estimate of drug-likeness (QED) is 0.169. The van der Waals surface area contributed by atoms with Crippen LogP contribution >= 0.6 is 0 Å². The fraction of sp³-hybridized carbons (Fsp3) is 0.179. The molecule has 0 saturated carbocycles. The third-order valence-corrected chi connectivity index (χ3v) is 8.60. The van der Waals surface area contributed by atoms with Gasteiger partial charge in [0, 0.05) is 31.7 Å². The molecule has 0 N–H and O–H groups in total. The number of nitrogens with zero attached hydrogens (tertiary/aromatic N) is 3. The second kappa shape index (κ2) is 11.6. The van der Waals surface area contributed by atoms with Gasteiger partial charge in [-0.15, -0.1) is 54.1 Å². The van der Waals surface area contributed by atoms with Crippen LogP contribution in [-0.4, -0.2) is 14.5 Å². The molecule has 0 atom stereocenters. The fourth-order valence-corrected chi connectivity index (χ4v) is 5.94. The van der Waals surface area contributed by atoms with Gasteiger partial charge in [-0.2, -0.15) is 0 Å². The van der Waals surface area contributed by atoms with Crippen LogP contribution in [0.5, 0.6) is 0 Å². The summed E-state index contributed by atoms with van der Waals surface area (Å²) in [7, 11) is 0. The van der Waals surface area contributed by atoms with Gasteiger partial charge in [0.25, 0.3) is 0 Å². The number of furan rings is 1. The SMILES string of the molecule is CC(C)c1ccnc(-c2[c-]ccc3c2oc2ccccc23)c1.CC1=Cc2cccc3nc(-c4[c-]cccc4)n(c23)C1(C)C.[Ir]. The first-order chi connectivity index (χ1) is 20.8. The van der Waals surface area contributed by atoms with Crippen molar-refractivity contribution in [3.05, 3.63) is 126 Å². The summed E-state index contributed by atoms with van der Waals surface area (Å²) >= 11 is 0. The van der Waals surface area contributed by atoms with Gasteiger partial charge in [0.05, 0.1) is 28.0 Å². The van der Waals surface area contributed by atoms with E-state index < -0.39 is 0 Å². The van der Waals surface area contributed by atoms with Gasteiger partial charge in [-0.1, -0.05) is 72.8 Å². The summed E-state index contributed by atoms with van der Waals surface area (Å²) in [5, 5.41) is 2.24. The number of para-hydroxylation sites is 2. The Kier molecular flexibility index (Phi) is 7.87. The number of imidazole rings is 1. The number of benzene rings is 4. The van der Waals surface area contributed by atoms with E-state index in [9.17, 15) is 0 Å². The first kappa shape index (κ1) is 29.7. The van der Waals surface area contributed by atoms with Crippen LogP contribution in [0, 0.1) is 12.1 Å². The van der Waals surface area contributed by atoms with E-state index in [-0.39, 0.29) is 25.6 Å². The zero-order valence-corrected chi connectivity index (χ0v) is 27.9. The predicted octanol–water partition coefficient (Wildman–Crippen LogP) is 10.2. The molecule has 1 aliphatic rings. The third kappa shape index (κ3) is 5.00. The Labute approximate surface area is 271 Å². The van der Waals surface area contributed by atoms with E-state index in [1.165, 1.54) is 22.2 Å². The molecule has 4 aromatic carbocycles. The number of aromatic nitrogens is 3. The van der Waals surface area contributed by atoms with Gasteiger partial charge in [0.1, 0.15) is 5.58 Å². The number of allylic oxidation sites excluding steroid dienone is 1. The van der Waals surface area contributed by atoms with Gasteiger partial charge in [0.2, 0.25) is 0 Å². The molecule has 0 amide bonds. The van der Waals surface area contributed by atoms with Crippen molar-refractivity contribution in [3.63, 3.8) is 0 Å². The van der Waals surface area contributed by atoms with E-state index in [4.69, 9.17) is 9.40 Å². The molecule has 8 rings (SSSR count). The Hall–Kier alpha value is -4.31. The first-order valence-electron chi connectivity index (χ1n) is 14.8. The predicted molar refractivity (Wildman–Crippen MR) is 177 cm³/mol. The maximum atomic E-state index is 6.07. The Bertz CT molecular complexity index is 2150. The van der Waals surface area contributed by atoms with E-state index in [1.807, 2.05) is 48.7 Å². The molecule has 0 bridgehead atoms. The average Bonchev–Trinajstić information content (AvgIpc) is 3.62. The van der Waals surface area contributed by atoms with Gasteiger partial charge in [0.15, 0.2) is 0 Å². The Balaban J connectivity index is 0.000000153. The van der Waals surface area contributed by atoms with Gasteiger partial charge < -0.3 is 14.0 Å². The first-order valence-corrected chi connectivity index (χ1v) is 14.8. The molecule has 7 aromatic rings. The molecule has 4 nitrogen and oxygen atoms in total. The van der Waals surface area contributed by atoms with Crippen molar-refractivity contribution in [3.8, 4) is 22.6 Å². The van der Waals surface area contributed by atoms with Crippen LogP contribution in [0.15, 0.2) is 107 Å². The molecule has 0 aliphatic carbocycles. The number of hydrogen-bond acceptors (Lipinski definition) is 3. The Morgan fingerprint density at radius 2 is 1.68 bits per heavy atom. The van der Waals surface area contributed by atoms with Crippen LogP contribution in [0.3, 0.4) is 0 Å². The molecule has 0 fully saturated rings. The number of rotatable bonds is 3. The van der Waals surface area contributed by atoms with Gasteiger partial charge >= 0.3 is 0 Å². The van der Waals surface area contributed by atoms with Gasteiger partial charge in [-0.3, -0.25) is 4.98 Å². The van der Waals surface area contributed by atoms with Crippen LogP contribution in [0.2, 0.25) is 0 Å². The minimum atomic E-state index is -0.0812. The molecule has 0 unspecified atom stereocenters. The van der Waals surface area contributed by atoms with E-state index in [0.717, 1.165) is 50.1 Å². The standard InChI is InChI=1S/C20H16NO.C19H17N2.Ir/c1-13(2)14-10-11-21-18(12-14)17-8-5-7-16-15-6-3-4-9-19(15)22-20(16)17;1-13-12-15-10-7-11-16-17(15)21(19(13,2)3)18(20-16)14-8-5-4-6-9-14;/h3-7,9-13H,1-2H3;4-8,10-12H,1-3H3;/q2*-1;. The van der Waals surface area contributed by atoms with E-state index in [2.05, 4.69) is 111 Å². The van der Waals surface area contributed by atoms with Crippen molar-refractivity contribution in [2.24, 2.45) is 0 Å². The Morgan fingerprint density at radius 1 is 0.864 bits per heavy atom. The average molecular weight is 752 g/mol. The van der Waals surface area contributed by atoms with E-state index >= 15 is 0 Å². The zero-order valence-electron chi connectivity index (χ0n) is 25.5. The molecule has 44 heavy (non-hydrogen) atoms. The zero-order chi connectivity index (χ0) is 29.7. The largest absolute Gasteiger partial charge is 0.501 e. The maximum Gasteiger partial charge on any atom is 0.120 e. The molecule has 0 spiro atoms. The summed E-state index contributed by atoms with van der Waals surface area (Å²) in [5.74, 6) is 1.46. The van der Waals surface area contributed by atoms with Crippen molar-refractivity contribution in [1.29, 1.82) is 0 Å². The number of fused-ring (bicyclic) bond motifs is 3. The minimum Gasteiger partial charge on any atom is -0.501 e. The minimum absolute atomic E-state index is 0. The summed E-state index contributed by atoms with van der Waals surface area (Å²) in [6.07, 6.45) is 4.14. The van der Waals surface area contributed by atoms with Gasteiger partial charge in [-0.25, -0.2) is 0 Å². The molecule has 0 saturated heterocycles. The molecule has 1 radical (unpaired) electrons. The summed E-state index contributed by atoms with van der Waals surface area (Å²) in [6.45, 7) is 11.1. The smallest absolute Gasteiger partial charge is 0.120 e. The van der Waals surface area contributed by atoms with E-state index in [0.29, 0.717) is 5.92 Å². The van der Waals surface area contributed by atoms with Crippen LogP contribution in [-0.2, 0) is 25.6 Å². The summed E-state index contributed by atoms with van der Waals surface area (Å²) in [6, 6.07) is 37.3. The molecular weight excluding hydrogens is 719 g/mol. The van der Waals surface area contributed by atoms with Crippen LogP contribution in [0.4, 0.5) is 0 Å². The summed E-state index contributed by atoms with van der Waals surface area (Å²) < 4.78 is 8.43. The molecule has 4 heterocycles. The van der Waals surface area contributed by atoms with E-state index in [1.54, 1.807) is 0 Å². The Morgan fingerprint density at radius 3 is 2.48 bits per heavy atom. The van der Waals surface area contributed by atoms with Crippen molar-refractivity contribution in [2.45, 2.75) is 46.1 Å². The van der Waals surface area contributed by atoms with Crippen molar-refractivity contribution in [1.82, 2.24) is 14.5 Å². The van der Waals surface area contributed by atoms with Crippen molar-refractivity contribution >= 4 is 39.0 Å². The second-order valence-corrected chi connectivity index (χ2v) is 12.0. The molecule has 221 valence electrons. The van der Waals surface area contributed by atoms with Crippen molar-refractivity contribution in [2.75, 3.05) is 0 Å². The monoisotopic (exact) mass is 752 g/mol. The molecular formula is C39H33IrN3O-2. The van der Waals surface area contributed by atoms with Crippen LogP contribution in [0.25, 0.3) is 61.7 Å². The second-order valence-electron chi connectivity index (χ2n) is 12.0. The molecule has 1 aliphatic heterocycles. The normalized spacial score (nSPS) is 13.5. The topological polar surface area (TPSA) is 43.9 Å². The summed E-state index contributed by atoms with van der Waals surface area (Å²) in [5.41, 5.74) is 10.7. The third-order valence-electron chi connectivity index (χ3n) is 8.60.